The zero-order valence-electron chi connectivity index (χ0n) is 12.1. The molecule has 2 atom stereocenters. The van der Waals surface area contributed by atoms with Gasteiger partial charge in [-0.05, 0) is 12.8 Å². The molecule has 1 unspecified atom stereocenters. The number of hydrogen-bond acceptors (Lipinski definition) is 4. The average Bonchev–Trinajstić information content (AvgIpc) is 2.95. The molecule has 0 bridgehead atoms. The normalized spacial score (nSPS) is 30.0. The first-order valence-corrected chi connectivity index (χ1v) is 7.01. The van der Waals surface area contributed by atoms with Gasteiger partial charge in [0, 0.05) is 6.54 Å². The van der Waals surface area contributed by atoms with Crippen molar-refractivity contribution in [3.63, 3.8) is 0 Å². The van der Waals surface area contributed by atoms with Gasteiger partial charge < -0.3 is 11.5 Å². The third kappa shape index (κ3) is 2.47. The number of primary amides is 1. The van der Waals surface area contributed by atoms with Crippen molar-refractivity contribution in [1.29, 1.82) is 0 Å². The molecule has 1 aliphatic heterocycles. The monoisotopic (exact) mass is 302 g/mol. The van der Waals surface area contributed by atoms with Gasteiger partial charge in [-0.2, -0.15) is 0 Å². The molecule has 0 aromatic rings. The number of amides is 2. The molecule has 0 radical (unpaired) electrons. The number of carbonyl (C=O) groups excluding carboxylic acids is 2. The highest BCUT2D eigenvalue weighted by Gasteiger charge is 2.71. The summed E-state index contributed by atoms with van der Waals surface area (Å²) in [5.41, 5.74) is 10.2. The smallest absolute Gasteiger partial charge is 0.265 e. The maximum Gasteiger partial charge on any atom is 0.265 e. The van der Waals surface area contributed by atoms with Gasteiger partial charge in [0.15, 0.2) is 5.96 Å². The molecule has 1 aliphatic carbocycles. The SMILES string of the molecule is CCC1(CC)CC(=O)N(C[C@@H]2C(C(N)=O)C2(F)F)C(N)=N1. The average molecular weight is 302 g/mol. The Morgan fingerprint density at radius 1 is 1.43 bits per heavy atom. The van der Waals surface area contributed by atoms with E-state index in [4.69, 9.17) is 11.5 Å². The van der Waals surface area contributed by atoms with Gasteiger partial charge in [0.05, 0.1) is 17.9 Å². The van der Waals surface area contributed by atoms with E-state index in [0.717, 1.165) is 4.90 Å². The van der Waals surface area contributed by atoms with Gasteiger partial charge in [-0.25, -0.2) is 13.8 Å². The molecule has 6 nitrogen and oxygen atoms in total. The summed E-state index contributed by atoms with van der Waals surface area (Å²) in [5.74, 6) is -7.42. The molecule has 1 heterocycles. The minimum atomic E-state index is -3.17. The number of nitrogens with two attached hydrogens (primary N) is 2. The van der Waals surface area contributed by atoms with Gasteiger partial charge in [0.1, 0.15) is 5.92 Å². The van der Waals surface area contributed by atoms with Crippen LogP contribution in [0, 0.1) is 11.8 Å². The predicted octanol–water partition coefficient (Wildman–Crippen LogP) is 0.459. The fourth-order valence-corrected chi connectivity index (χ4v) is 2.90. The van der Waals surface area contributed by atoms with E-state index in [-0.39, 0.29) is 24.8 Å². The van der Waals surface area contributed by atoms with Gasteiger partial charge in [-0.15, -0.1) is 0 Å². The molecule has 2 amide bonds. The molecule has 118 valence electrons. The molecule has 2 aliphatic rings. The van der Waals surface area contributed by atoms with Crippen LogP contribution in [0.2, 0.25) is 0 Å². The van der Waals surface area contributed by atoms with Gasteiger partial charge in [-0.1, -0.05) is 13.8 Å². The molecule has 1 saturated carbocycles. The summed E-state index contributed by atoms with van der Waals surface area (Å²) in [7, 11) is 0. The van der Waals surface area contributed by atoms with Crippen LogP contribution in [-0.4, -0.2) is 40.7 Å². The second-order valence-electron chi connectivity index (χ2n) is 5.74. The first-order chi connectivity index (χ1) is 9.68. The van der Waals surface area contributed by atoms with Crippen LogP contribution in [0.25, 0.3) is 0 Å². The Kier molecular flexibility index (Phi) is 3.67. The molecule has 21 heavy (non-hydrogen) atoms. The lowest BCUT2D eigenvalue weighted by molar-refractivity contribution is -0.130. The second-order valence-corrected chi connectivity index (χ2v) is 5.74. The number of hydrogen-bond donors (Lipinski definition) is 2. The van der Waals surface area contributed by atoms with E-state index >= 15 is 0 Å². The van der Waals surface area contributed by atoms with Crippen molar-refractivity contribution in [3.05, 3.63) is 0 Å². The Balaban J connectivity index is 2.16. The van der Waals surface area contributed by atoms with Crippen LogP contribution in [0.15, 0.2) is 4.99 Å². The van der Waals surface area contributed by atoms with E-state index in [1.807, 2.05) is 13.8 Å². The highest BCUT2D eigenvalue weighted by molar-refractivity contribution is 5.99. The molecular formula is C13H20F2N4O2. The number of halogens is 2. The highest BCUT2D eigenvalue weighted by Crippen LogP contribution is 2.55. The number of carbonyl (C=O) groups is 2. The third-order valence-corrected chi connectivity index (χ3v) is 4.61. The van der Waals surface area contributed by atoms with Crippen LogP contribution in [0.3, 0.4) is 0 Å². The van der Waals surface area contributed by atoms with Crippen LogP contribution < -0.4 is 11.5 Å². The summed E-state index contributed by atoms with van der Waals surface area (Å²) in [6.07, 6.45) is 1.43. The van der Waals surface area contributed by atoms with Crippen LogP contribution in [0.4, 0.5) is 8.78 Å². The Morgan fingerprint density at radius 2 is 2.00 bits per heavy atom. The molecule has 0 aromatic heterocycles. The lowest BCUT2D eigenvalue weighted by Gasteiger charge is -2.36. The number of alkyl halides is 2. The lowest BCUT2D eigenvalue weighted by atomic mass is 9.88. The zero-order valence-corrected chi connectivity index (χ0v) is 12.1. The van der Waals surface area contributed by atoms with Crippen LogP contribution in [-0.2, 0) is 9.59 Å². The predicted molar refractivity (Wildman–Crippen MR) is 72.4 cm³/mol. The van der Waals surface area contributed by atoms with E-state index in [1.165, 1.54) is 0 Å². The fraction of sp³-hybridized carbons (Fsp3) is 0.769. The molecule has 8 heteroatoms. The summed E-state index contributed by atoms with van der Waals surface area (Å²) < 4.78 is 27.0. The first kappa shape index (κ1) is 15.7. The van der Waals surface area contributed by atoms with Crippen molar-refractivity contribution in [2.75, 3.05) is 6.54 Å². The van der Waals surface area contributed by atoms with Crippen LogP contribution in [0.1, 0.15) is 33.1 Å². The molecule has 2 rings (SSSR count). The highest BCUT2D eigenvalue weighted by atomic mass is 19.3. The molecule has 1 fully saturated rings. The summed E-state index contributed by atoms with van der Waals surface area (Å²) >= 11 is 0. The van der Waals surface area contributed by atoms with Crippen LogP contribution in [0.5, 0.6) is 0 Å². The second kappa shape index (κ2) is 4.92. The maximum absolute atomic E-state index is 13.5. The standard InChI is InChI=1S/C13H20F2N4O2/c1-3-12(4-2)5-8(20)19(11(17)18-12)6-7-9(10(16)21)13(7,14)15/h7,9H,3-6H2,1-2H3,(H2,16,21)(H2,17,18)/t7-,9?/m1/s1. The molecule has 0 spiro atoms. The lowest BCUT2D eigenvalue weighted by Crippen LogP contribution is -2.52. The quantitative estimate of drug-likeness (QED) is 0.771. The van der Waals surface area contributed by atoms with Crippen molar-refractivity contribution >= 4 is 17.8 Å². The summed E-state index contributed by atoms with van der Waals surface area (Å²) in [4.78, 5) is 28.5. The zero-order chi connectivity index (χ0) is 16.0. The van der Waals surface area contributed by atoms with Crippen molar-refractivity contribution in [2.45, 2.75) is 44.6 Å². The van der Waals surface area contributed by atoms with E-state index in [9.17, 15) is 18.4 Å². The van der Waals surface area contributed by atoms with Crippen LogP contribution >= 0.6 is 0 Å². The maximum atomic E-state index is 13.5. The summed E-state index contributed by atoms with van der Waals surface area (Å²) in [5, 5.41) is 0. The number of aliphatic imine (C=N–C) groups is 1. The number of rotatable bonds is 5. The Hall–Kier alpha value is -1.73. The van der Waals surface area contributed by atoms with E-state index in [0.29, 0.717) is 12.8 Å². The summed E-state index contributed by atoms with van der Waals surface area (Å²) in [6, 6.07) is 0. The number of guanidine groups is 1. The molecular weight excluding hydrogens is 282 g/mol. The third-order valence-electron chi connectivity index (χ3n) is 4.61. The number of nitrogens with zero attached hydrogens (tertiary/aromatic N) is 2. The minimum Gasteiger partial charge on any atom is -0.369 e. The fourth-order valence-electron chi connectivity index (χ4n) is 2.90. The largest absolute Gasteiger partial charge is 0.369 e. The van der Waals surface area contributed by atoms with E-state index in [1.54, 1.807) is 0 Å². The minimum absolute atomic E-state index is 0.0547. The van der Waals surface area contributed by atoms with E-state index in [2.05, 4.69) is 4.99 Å². The van der Waals surface area contributed by atoms with Crippen molar-refractivity contribution in [1.82, 2.24) is 4.90 Å². The topological polar surface area (TPSA) is 102 Å². The van der Waals surface area contributed by atoms with E-state index < -0.39 is 29.2 Å². The van der Waals surface area contributed by atoms with Gasteiger partial charge in [-0.3, -0.25) is 14.5 Å². The van der Waals surface area contributed by atoms with Gasteiger partial charge in [0.2, 0.25) is 11.8 Å². The summed E-state index contributed by atoms with van der Waals surface area (Å²) in [6.45, 7) is 3.49. The van der Waals surface area contributed by atoms with Crippen molar-refractivity contribution in [3.8, 4) is 0 Å². The van der Waals surface area contributed by atoms with Crippen molar-refractivity contribution < 1.29 is 18.4 Å². The van der Waals surface area contributed by atoms with Crippen molar-refractivity contribution in [2.24, 2.45) is 28.3 Å². The Bertz CT molecular complexity index is 502. The van der Waals surface area contributed by atoms with Gasteiger partial charge >= 0.3 is 0 Å². The molecule has 0 saturated heterocycles. The van der Waals surface area contributed by atoms with Gasteiger partial charge in [0.25, 0.3) is 5.92 Å². The first-order valence-electron chi connectivity index (χ1n) is 7.01. The Labute approximate surface area is 121 Å². The molecule has 4 N–H and O–H groups in total. The Morgan fingerprint density at radius 3 is 2.38 bits per heavy atom. The molecule has 0 aromatic carbocycles.